The molecule has 39 heavy (non-hydrogen) atoms. The molecule has 212 valence electrons. The van der Waals surface area contributed by atoms with Crippen LogP contribution in [0.5, 0.6) is 0 Å². The Labute approximate surface area is 231 Å². The highest BCUT2D eigenvalue weighted by Crippen LogP contribution is 2.55. The molecule has 0 fully saturated rings. The molecular weight excluding hydrogens is 518 g/mol. The summed E-state index contributed by atoms with van der Waals surface area (Å²) >= 11 is 0. The SMILES string of the molecule is CCCn1cc(CO[C@H](c2ccc(C)c(CN3C[C@@H](C)Cc4ncccc4S3(O)O)c2)C(C)(C)C(=O)O)nn1. The maximum atomic E-state index is 12.3. The number of hydrogen-bond donors (Lipinski definition) is 3. The highest BCUT2D eigenvalue weighted by Gasteiger charge is 2.40. The van der Waals surface area contributed by atoms with Gasteiger partial charge in [0.1, 0.15) is 5.69 Å². The summed E-state index contributed by atoms with van der Waals surface area (Å²) in [6.07, 6.45) is 4.30. The lowest BCUT2D eigenvalue weighted by atomic mass is 9.81. The van der Waals surface area contributed by atoms with Crippen LogP contribution in [-0.4, -0.2) is 51.0 Å². The molecule has 10 nitrogen and oxygen atoms in total. The normalized spacial score (nSPS) is 19.2. The summed E-state index contributed by atoms with van der Waals surface area (Å²) in [5, 5.41) is 18.3. The fourth-order valence-corrected chi connectivity index (χ4v) is 6.70. The predicted octanol–water partition coefficient (Wildman–Crippen LogP) is 5.48. The van der Waals surface area contributed by atoms with Crippen molar-refractivity contribution in [2.24, 2.45) is 11.3 Å². The van der Waals surface area contributed by atoms with E-state index in [1.807, 2.05) is 31.3 Å². The third-order valence-electron chi connectivity index (χ3n) is 7.23. The Kier molecular flexibility index (Phi) is 8.77. The number of nitrogens with zero attached hydrogens (tertiary/aromatic N) is 5. The van der Waals surface area contributed by atoms with Crippen LogP contribution in [0.2, 0.25) is 0 Å². The van der Waals surface area contributed by atoms with Crippen LogP contribution in [0.1, 0.15) is 68.3 Å². The number of pyridine rings is 1. The highest BCUT2D eigenvalue weighted by atomic mass is 32.3. The monoisotopic (exact) mass is 557 g/mol. The van der Waals surface area contributed by atoms with Gasteiger partial charge < -0.3 is 9.84 Å². The van der Waals surface area contributed by atoms with E-state index < -0.39 is 28.3 Å². The average molecular weight is 558 g/mol. The Morgan fingerprint density at radius 1 is 1.28 bits per heavy atom. The Bertz CT molecular complexity index is 1310. The lowest BCUT2D eigenvalue weighted by Crippen LogP contribution is -2.33. The molecule has 3 N–H and O–H groups in total. The number of carbonyl (C=O) groups is 1. The van der Waals surface area contributed by atoms with Gasteiger partial charge in [-0.3, -0.25) is 23.6 Å². The second-order valence-electron chi connectivity index (χ2n) is 11.0. The van der Waals surface area contributed by atoms with E-state index in [1.165, 1.54) is 0 Å². The molecule has 0 aliphatic carbocycles. The number of hydrogen-bond acceptors (Lipinski definition) is 8. The van der Waals surface area contributed by atoms with Crippen molar-refractivity contribution < 1.29 is 23.7 Å². The van der Waals surface area contributed by atoms with Crippen molar-refractivity contribution in [1.82, 2.24) is 24.3 Å². The molecule has 2 aromatic heterocycles. The van der Waals surface area contributed by atoms with Crippen LogP contribution in [0.15, 0.2) is 47.6 Å². The third-order valence-corrected chi connectivity index (χ3v) is 9.19. The van der Waals surface area contributed by atoms with E-state index in [0.29, 0.717) is 34.8 Å². The molecule has 11 heteroatoms. The van der Waals surface area contributed by atoms with Crippen molar-refractivity contribution in [2.45, 2.75) is 78.2 Å². The molecule has 0 amide bonds. The van der Waals surface area contributed by atoms with Gasteiger partial charge in [-0.2, -0.15) is 4.31 Å². The number of aromatic nitrogens is 4. The van der Waals surface area contributed by atoms with Gasteiger partial charge in [0.15, 0.2) is 0 Å². The molecule has 1 aromatic carbocycles. The largest absolute Gasteiger partial charge is 0.481 e. The summed E-state index contributed by atoms with van der Waals surface area (Å²) in [6.45, 7) is 11.0. The zero-order valence-electron chi connectivity index (χ0n) is 23.2. The fourth-order valence-electron chi connectivity index (χ4n) is 4.93. The van der Waals surface area contributed by atoms with E-state index in [1.54, 1.807) is 41.2 Å². The van der Waals surface area contributed by atoms with E-state index in [4.69, 9.17) is 4.74 Å². The lowest BCUT2D eigenvalue weighted by molar-refractivity contribution is -0.158. The van der Waals surface area contributed by atoms with Crippen molar-refractivity contribution in [3.05, 3.63) is 70.8 Å². The highest BCUT2D eigenvalue weighted by molar-refractivity contribution is 8.22. The Balaban J connectivity index is 1.64. The van der Waals surface area contributed by atoms with Crippen molar-refractivity contribution in [3.63, 3.8) is 0 Å². The molecule has 1 aliphatic heterocycles. The van der Waals surface area contributed by atoms with Crippen LogP contribution in [0.25, 0.3) is 0 Å². The van der Waals surface area contributed by atoms with Gasteiger partial charge in [0.25, 0.3) is 0 Å². The third kappa shape index (κ3) is 6.33. The molecule has 0 unspecified atom stereocenters. The average Bonchev–Trinajstić information content (AvgIpc) is 3.29. The number of benzene rings is 1. The smallest absolute Gasteiger partial charge is 0.312 e. The standard InChI is InChI=1S/C28H39N5O5S/c1-6-12-32-17-23(30-31-32)18-38-26(28(4,5)27(34)35)21-10-9-20(3)22(14-21)16-33-15-19(2)13-24-25(39(33,36)37)8-7-11-29-24/h7-11,14,17,19,26,36-37H,6,12-13,15-16,18H2,1-5H3,(H,34,35)/t19-,26+/m0/s1. The quantitative estimate of drug-likeness (QED) is 0.296. The molecule has 2 atom stereocenters. The van der Waals surface area contributed by atoms with Crippen molar-refractivity contribution >= 4 is 16.7 Å². The first-order valence-electron chi connectivity index (χ1n) is 13.2. The minimum absolute atomic E-state index is 0.113. The number of aliphatic carboxylic acids is 1. The van der Waals surface area contributed by atoms with E-state index in [-0.39, 0.29) is 19.1 Å². The fraction of sp³-hybridized carbons (Fsp3) is 0.500. The summed E-state index contributed by atoms with van der Waals surface area (Å²) in [7, 11) is -3.26. The lowest BCUT2D eigenvalue weighted by Gasteiger charge is -2.43. The first kappa shape index (κ1) is 29.2. The van der Waals surface area contributed by atoms with E-state index >= 15 is 0 Å². The van der Waals surface area contributed by atoms with Crippen LogP contribution in [0.3, 0.4) is 0 Å². The van der Waals surface area contributed by atoms with Crippen molar-refractivity contribution in [3.8, 4) is 0 Å². The molecule has 4 rings (SSSR count). The van der Waals surface area contributed by atoms with Crippen LogP contribution in [0.4, 0.5) is 0 Å². The van der Waals surface area contributed by atoms with Gasteiger partial charge in [-0.25, -0.2) is 0 Å². The van der Waals surface area contributed by atoms with Crippen LogP contribution in [-0.2, 0) is 35.6 Å². The number of fused-ring (bicyclic) bond motifs is 1. The maximum Gasteiger partial charge on any atom is 0.312 e. The maximum absolute atomic E-state index is 12.3. The zero-order valence-corrected chi connectivity index (χ0v) is 24.1. The second-order valence-corrected chi connectivity index (χ2v) is 13.0. The van der Waals surface area contributed by atoms with Gasteiger partial charge in [-0.1, -0.05) is 37.3 Å². The molecule has 3 heterocycles. The second kappa shape index (κ2) is 11.7. The summed E-state index contributed by atoms with van der Waals surface area (Å²) in [6, 6.07) is 9.20. The van der Waals surface area contributed by atoms with Gasteiger partial charge in [0.05, 0.1) is 34.9 Å². The van der Waals surface area contributed by atoms with Crippen molar-refractivity contribution in [1.29, 1.82) is 0 Å². The summed E-state index contributed by atoms with van der Waals surface area (Å²) in [5.74, 6) is -0.817. The van der Waals surface area contributed by atoms with E-state index in [0.717, 1.165) is 24.1 Å². The first-order chi connectivity index (χ1) is 18.4. The predicted molar refractivity (Wildman–Crippen MR) is 149 cm³/mol. The molecule has 0 spiro atoms. The molecule has 3 aromatic rings. The molecular formula is C28H39N5O5S. The summed E-state index contributed by atoms with van der Waals surface area (Å²) in [4.78, 5) is 17.2. The minimum Gasteiger partial charge on any atom is -0.481 e. The number of carboxylic acid groups (broad SMARTS) is 1. The minimum atomic E-state index is -3.26. The number of ether oxygens (including phenoxy) is 1. The number of aryl methyl sites for hydroxylation is 2. The van der Waals surface area contributed by atoms with Gasteiger partial charge >= 0.3 is 5.97 Å². The van der Waals surface area contributed by atoms with E-state index in [2.05, 4.69) is 29.1 Å². The molecule has 0 radical (unpaired) electrons. The van der Waals surface area contributed by atoms with Gasteiger partial charge in [0, 0.05) is 25.8 Å². The number of carboxylic acids is 1. The Morgan fingerprint density at radius 3 is 2.77 bits per heavy atom. The Morgan fingerprint density at radius 2 is 2.05 bits per heavy atom. The summed E-state index contributed by atoms with van der Waals surface area (Å²) in [5.41, 5.74) is 2.64. The van der Waals surface area contributed by atoms with Gasteiger partial charge in [0.2, 0.25) is 0 Å². The van der Waals surface area contributed by atoms with Crippen LogP contribution in [0, 0.1) is 18.3 Å². The topological polar surface area (TPSA) is 134 Å². The summed E-state index contributed by atoms with van der Waals surface area (Å²) < 4.78 is 32.4. The molecule has 0 saturated heterocycles. The van der Waals surface area contributed by atoms with Crippen LogP contribution >= 0.6 is 10.8 Å². The number of rotatable bonds is 10. The van der Waals surface area contributed by atoms with Crippen molar-refractivity contribution in [2.75, 3.05) is 6.54 Å². The molecule has 0 bridgehead atoms. The zero-order chi connectivity index (χ0) is 28.4. The van der Waals surface area contributed by atoms with Crippen LogP contribution < -0.4 is 0 Å². The van der Waals surface area contributed by atoms with Gasteiger partial charge in [-0.15, -0.1) is 15.9 Å². The Hall–Kier alpha value is -2.83. The van der Waals surface area contributed by atoms with Gasteiger partial charge in [-0.05, 0) is 68.4 Å². The first-order valence-corrected chi connectivity index (χ1v) is 14.7. The molecule has 1 aliphatic rings. The molecule has 0 saturated carbocycles. The van der Waals surface area contributed by atoms with E-state index in [9.17, 15) is 19.0 Å².